The zero-order chi connectivity index (χ0) is 13.7. The first-order valence-electron chi connectivity index (χ1n) is 5.99. The van der Waals surface area contributed by atoms with Crippen molar-refractivity contribution < 1.29 is 9.90 Å². The Morgan fingerprint density at radius 1 is 1.16 bits per heavy atom. The Balaban J connectivity index is 2.01. The van der Waals surface area contributed by atoms with Crippen molar-refractivity contribution >= 4 is 17.7 Å². The van der Waals surface area contributed by atoms with Crippen LogP contribution in [0.15, 0.2) is 54.6 Å². The van der Waals surface area contributed by atoms with Crippen LogP contribution in [0.25, 0.3) is 6.08 Å². The standard InChI is InChI=1S/C16H15NO2/c1-12-7-9-14(11-15(12)18)17-16(19)10-8-13-5-3-2-4-6-13/h2-11,18H,1H3,(H,17,19). The maximum Gasteiger partial charge on any atom is 0.248 e. The predicted octanol–water partition coefficient (Wildman–Crippen LogP) is 3.35. The molecule has 0 bridgehead atoms. The van der Waals surface area contributed by atoms with Crippen LogP contribution in [0.3, 0.4) is 0 Å². The molecule has 0 aliphatic carbocycles. The van der Waals surface area contributed by atoms with Crippen LogP contribution in [0.1, 0.15) is 11.1 Å². The van der Waals surface area contributed by atoms with Gasteiger partial charge in [-0.15, -0.1) is 0 Å². The number of anilines is 1. The van der Waals surface area contributed by atoms with Crippen molar-refractivity contribution in [2.24, 2.45) is 0 Å². The Labute approximate surface area is 112 Å². The van der Waals surface area contributed by atoms with Gasteiger partial charge in [0.05, 0.1) is 0 Å². The van der Waals surface area contributed by atoms with Gasteiger partial charge in [0.25, 0.3) is 0 Å². The maximum absolute atomic E-state index is 11.7. The van der Waals surface area contributed by atoms with Crippen LogP contribution in [0.2, 0.25) is 0 Å². The first-order chi connectivity index (χ1) is 9.15. The monoisotopic (exact) mass is 253 g/mol. The van der Waals surface area contributed by atoms with Crippen LogP contribution in [0.5, 0.6) is 5.75 Å². The summed E-state index contributed by atoms with van der Waals surface area (Å²) >= 11 is 0. The van der Waals surface area contributed by atoms with Crippen molar-refractivity contribution in [1.82, 2.24) is 0 Å². The lowest BCUT2D eigenvalue weighted by atomic mass is 10.2. The number of rotatable bonds is 3. The molecule has 0 aliphatic heterocycles. The number of carbonyl (C=O) groups is 1. The van der Waals surface area contributed by atoms with Gasteiger partial charge in [-0.3, -0.25) is 4.79 Å². The molecule has 0 saturated heterocycles. The van der Waals surface area contributed by atoms with Crippen LogP contribution in [0.4, 0.5) is 5.69 Å². The van der Waals surface area contributed by atoms with Crippen LogP contribution in [0, 0.1) is 6.92 Å². The molecular weight excluding hydrogens is 238 g/mol. The van der Waals surface area contributed by atoms with Crippen molar-refractivity contribution in [3.05, 3.63) is 65.7 Å². The highest BCUT2D eigenvalue weighted by Gasteiger charge is 2.01. The fourth-order valence-corrected chi connectivity index (χ4v) is 1.61. The third-order valence-electron chi connectivity index (χ3n) is 2.70. The minimum atomic E-state index is -0.230. The molecule has 0 spiro atoms. The highest BCUT2D eigenvalue weighted by molar-refractivity contribution is 6.02. The minimum Gasteiger partial charge on any atom is -0.508 e. The van der Waals surface area contributed by atoms with Gasteiger partial charge in [0.1, 0.15) is 5.75 Å². The Bertz CT molecular complexity index is 603. The third kappa shape index (κ3) is 3.71. The SMILES string of the molecule is Cc1ccc(NC(=O)C=Cc2ccccc2)cc1O. The second-order valence-electron chi connectivity index (χ2n) is 4.23. The number of hydrogen-bond donors (Lipinski definition) is 2. The third-order valence-corrected chi connectivity index (χ3v) is 2.70. The Morgan fingerprint density at radius 2 is 1.89 bits per heavy atom. The van der Waals surface area contributed by atoms with E-state index in [1.807, 2.05) is 30.3 Å². The van der Waals surface area contributed by atoms with Crippen molar-refractivity contribution in [2.45, 2.75) is 6.92 Å². The summed E-state index contributed by atoms with van der Waals surface area (Å²) in [6.45, 7) is 1.80. The number of nitrogens with one attached hydrogen (secondary N) is 1. The Kier molecular flexibility index (Phi) is 3.98. The van der Waals surface area contributed by atoms with Crippen molar-refractivity contribution in [3.63, 3.8) is 0 Å². The molecule has 0 radical (unpaired) electrons. The van der Waals surface area contributed by atoms with Gasteiger partial charge >= 0.3 is 0 Å². The lowest BCUT2D eigenvalue weighted by molar-refractivity contribution is -0.111. The van der Waals surface area contributed by atoms with Crippen LogP contribution in [-0.2, 0) is 4.79 Å². The average molecular weight is 253 g/mol. The van der Waals surface area contributed by atoms with Gasteiger partial charge in [0.15, 0.2) is 0 Å². The molecule has 1 amide bonds. The number of amides is 1. The number of hydrogen-bond acceptors (Lipinski definition) is 2. The smallest absolute Gasteiger partial charge is 0.248 e. The van der Waals surface area contributed by atoms with E-state index in [9.17, 15) is 9.90 Å². The fraction of sp³-hybridized carbons (Fsp3) is 0.0625. The van der Waals surface area contributed by atoms with E-state index in [1.54, 1.807) is 25.1 Å². The van der Waals surface area contributed by atoms with Crippen LogP contribution in [-0.4, -0.2) is 11.0 Å². The van der Waals surface area contributed by atoms with E-state index in [0.29, 0.717) is 5.69 Å². The molecule has 0 saturated carbocycles. The summed E-state index contributed by atoms with van der Waals surface area (Å²) in [7, 11) is 0. The highest BCUT2D eigenvalue weighted by Crippen LogP contribution is 2.20. The van der Waals surface area contributed by atoms with E-state index >= 15 is 0 Å². The molecule has 0 aromatic heterocycles. The molecule has 96 valence electrons. The topological polar surface area (TPSA) is 49.3 Å². The molecule has 3 heteroatoms. The van der Waals surface area contributed by atoms with Crippen LogP contribution >= 0.6 is 0 Å². The lowest BCUT2D eigenvalue weighted by Crippen LogP contribution is -2.07. The van der Waals surface area contributed by atoms with Crippen molar-refractivity contribution in [1.29, 1.82) is 0 Å². The summed E-state index contributed by atoms with van der Waals surface area (Å²) < 4.78 is 0. The number of phenols is 1. The molecule has 3 nitrogen and oxygen atoms in total. The van der Waals surface area contributed by atoms with E-state index in [2.05, 4.69) is 5.32 Å². The molecule has 0 atom stereocenters. The van der Waals surface area contributed by atoms with Gasteiger partial charge in [-0.1, -0.05) is 36.4 Å². The number of benzene rings is 2. The first kappa shape index (κ1) is 12.9. The summed E-state index contributed by atoms with van der Waals surface area (Å²) in [5, 5.41) is 12.2. The van der Waals surface area contributed by atoms with Gasteiger partial charge in [0.2, 0.25) is 5.91 Å². The normalized spacial score (nSPS) is 10.6. The molecule has 2 aromatic carbocycles. The zero-order valence-electron chi connectivity index (χ0n) is 10.6. The first-order valence-corrected chi connectivity index (χ1v) is 5.99. The van der Waals surface area contributed by atoms with E-state index in [1.165, 1.54) is 12.1 Å². The van der Waals surface area contributed by atoms with E-state index < -0.39 is 0 Å². The zero-order valence-corrected chi connectivity index (χ0v) is 10.6. The van der Waals surface area contributed by atoms with Gasteiger partial charge < -0.3 is 10.4 Å². The number of aryl methyl sites for hydroxylation is 1. The number of aromatic hydroxyl groups is 1. The van der Waals surface area contributed by atoms with Crippen molar-refractivity contribution in [2.75, 3.05) is 5.32 Å². The molecule has 2 aromatic rings. The molecule has 0 unspecified atom stereocenters. The molecule has 0 aliphatic rings. The molecular formula is C16H15NO2. The Morgan fingerprint density at radius 3 is 2.58 bits per heavy atom. The van der Waals surface area contributed by atoms with Gasteiger partial charge in [0, 0.05) is 17.8 Å². The highest BCUT2D eigenvalue weighted by atomic mass is 16.3. The van der Waals surface area contributed by atoms with Crippen molar-refractivity contribution in [3.8, 4) is 5.75 Å². The van der Waals surface area contributed by atoms with Gasteiger partial charge in [-0.2, -0.15) is 0 Å². The summed E-state index contributed by atoms with van der Waals surface area (Å²) in [5.74, 6) is -0.0584. The summed E-state index contributed by atoms with van der Waals surface area (Å²) in [6.07, 6.45) is 3.20. The van der Waals surface area contributed by atoms with Crippen LogP contribution < -0.4 is 5.32 Å². The predicted molar refractivity (Wildman–Crippen MR) is 76.9 cm³/mol. The largest absolute Gasteiger partial charge is 0.508 e. The molecule has 2 rings (SSSR count). The quantitative estimate of drug-likeness (QED) is 0.824. The fourth-order valence-electron chi connectivity index (χ4n) is 1.61. The summed E-state index contributed by atoms with van der Waals surface area (Å²) in [6, 6.07) is 14.6. The minimum absolute atomic E-state index is 0.171. The molecule has 19 heavy (non-hydrogen) atoms. The van der Waals surface area contributed by atoms with E-state index in [4.69, 9.17) is 0 Å². The van der Waals surface area contributed by atoms with E-state index in [0.717, 1.165) is 11.1 Å². The van der Waals surface area contributed by atoms with Gasteiger partial charge in [-0.05, 0) is 30.2 Å². The molecule has 0 heterocycles. The number of carbonyl (C=O) groups excluding carboxylic acids is 1. The van der Waals surface area contributed by atoms with E-state index in [-0.39, 0.29) is 11.7 Å². The Hall–Kier alpha value is -2.55. The summed E-state index contributed by atoms with van der Waals surface area (Å²) in [4.78, 5) is 11.7. The second kappa shape index (κ2) is 5.87. The maximum atomic E-state index is 11.7. The van der Waals surface area contributed by atoms with Gasteiger partial charge in [-0.25, -0.2) is 0 Å². The number of phenolic OH excluding ortho intramolecular Hbond substituents is 1. The second-order valence-corrected chi connectivity index (χ2v) is 4.23. The average Bonchev–Trinajstić information content (AvgIpc) is 2.42. The lowest BCUT2D eigenvalue weighted by Gasteiger charge is -2.04. The molecule has 0 fully saturated rings. The molecule has 2 N–H and O–H groups in total. The summed E-state index contributed by atoms with van der Waals surface area (Å²) in [5.41, 5.74) is 2.31.